The molecular weight excluding hydrogens is 455 g/mol. The third-order valence-corrected chi connectivity index (χ3v) is 7.14. The lowest BCUT2D eigenvalue weighted by Crippen LogP contribution is -2.38. The van der Waals surface area contributed by atoms with E-state index in [2.05, 4.69) is 12.2 Å². The molecule has 0 fully saturated rings. The lowest BCUT2D eigenvalue weighted by atomic mass is 10.1. The molecule has 0 bridgehead atoms. The summed E-state index contributed by atoms with van der Waals surface area (Å²) in [6, 6.07) is 17.2. The molecule has 0 aliphatic heterocycles. The first-order chi connectivity index (χ1) is 16.2. The van der Waals surface area contributed by atoms with Gasteiger partial charge < -0.3 is 10.1 Å². The molecule has 0 saturated carbocycles. The van der Waals surface area contributed by atoms with Gasteiger partial charge in [-0.1, -0.05) is 31.5 Å². The van der Waals surface area contributed by atoms with Crippen molar-refractivity contribution in [2.45, 2.75) is 38.0 Å². The normalized spacial score (nSPS) is 11.2. The predicted octanol–water partition coefficient (Wildman–Crippen LogP) is 5.32. The van der Waals surface area contributed by atoms with Crippen molar-refractivity contribution in [1.82, 2.24) is 0 Å². The maximum Gasteiger partial charge on any atom is 0.268 e. The number of carbonyl (C=O) groups is 1. The van der Waals surface area contributed by atoms with E-state index >= 15 is 0 Å². The van der Waals surface area contributed by atoms with Crippen molar-refractivity contribution in [2.75, 3.05) is 23.3 Å². The van der Waals surface area contributed by atoms with Crippen LogP contribution in [0.5, 0.6) is 5.75 Å². The Kier molecular flexibility index (Phi) is 8.28. The maximum atomic E-state index is 13.7. The van der Waals surface area contributed by atoms with Gasteiger partial charge in [0.05, 0.1) is 12.8 Å². The highest BCUT2D eigenvalue weighted by atomic mass is 32.2. The lowest BCUT2D eigenvalue weighted by Gasteiger charge is -2.25. The van der Waals surface area contributed by atoms with E-state index < -0.39 is 28.3 Å². The first-order valence-electron chi connectivity index (χ1n) is 11.1. The fourth-order valence-corrected chi connectivity index (χ4v) is 5.16. The number of hydrogen-bond donors (Lipinski definition) is 1. The molecule has 0 unspecified atom stereocenters. The zero-order valence-electron chi connectivity index (χ0n) is 19.5. The second kappa shape index (κ2) is 11.2. The van der Waals surface area contributed by atoms with Crippen LogP contribution in [0.25, 0.3) is 0 Å². The van der Waals surface area contributed by atoms with Gasteiger partial charge >= 0.3 is 0 Å². The van der Waals surface area contributed by atoms with Crippen molar-refractivity contribution in [1.29, 1.82) is 0 Å². The molecule has 180 valence electrons. The number of methoxy groups -OCH3 is 1. The van der Waals surface area contributed by atoms with Crippen molar-refractivity contribution in [3.8, 4) is 5.75 Å². The second-order valence-corrected chi connectivity index (χ2v) is 9.82. The van der Waals surface area contributed by atoms with Crippen molar-refractivity contribution < 1.29 is 22.3 Å². The van der Waals surface area contributed by atoms with Gasteiger partial charge in [0.2, 0.25) is 5.91 Å². The Morgan fingerprint density at radius 2 is 1.71 bits per heavy atom. The summed E-state index contributed by atoms with van der Waals surface area (Å²) in [5.74, 6) is -0.886. The van der Waals surface area contributed by atoms with Gasteiger partial charge in [-0.3, -0.25) is 9.10 Å². The van der Waals surface area contributed by atoms with Crippen molar-refractivity contribution in [3.63, 3.8) is 0 Å². The quantitative estimate of drug-likeness (QED) is 0.423. The van der Waals surface area contributed by atoms with Gasteiger partial charge in [-0.15, -0.1) is 0 Å². The minimum atomic E-state index is -4.21. The van der Waals surface area contributed by atoms with Crippen LogP contribution in [0.2, 0.25) is 0 Å². The van der Waals surface area contributed by atoms with Crippen LogP contribution in [0.1, 0.15) is 30.9 Å². The van der Waals surface area contributed by atoms with Gasteiger partial charge in [0.15, 0.2) is 0 Å². The number of nitrogens with zero attached hydrogens (tertiary/aromatic N) is 1. The summed E-state index contributed by atoms with van der Waals surface area (Å²) in [6.45, 7) is 3.39. The zero-order chi connectivity index (χ0) is 24.7. The van der Waals surface area contributed by atoms with E-state index in [1.807, 2.05) is 12.1 Å². The molecule has 8 heteroatoms. The minimum absolute atomic E-state index is 0.0765. The number of halogens is 1. The van der Waals surface area contributed by atoms with Crippen LogP contribution >= 0.6 is 0 Å². The van der Waals surface area contributed by atoms with Gasteiger partial charge in [-0.05, 0) is 79.4 Å². The van der Waals surface area contributed by atoms with E-state index in [9.17, 15) is 17.6 Å². The average molecular weight is 485 g/mol. The molecule has 0 aliphatic carbocycles. The summed E-state index contributed by atoms with van der Waals surface area (Å²) in [6.07, 6.45) is 3.14. The van der Waals surface area contributed by atoms with Crippen molar-refractivity contribution >= 4 is 27.3 Å². The fourth-order valence-electron chi connectivity index (χ4n) is 3.49. The average Bonchev–Trinajstić information content (AvgIpc) is 2.82. The number of sulfonamides is 1. The monoisotopic (exact) mass is 484 g/mol. The highest BCUT2D eigenvalue weighted by molar-refractivity contribution is 7.93. The summed E-state index contributed by atoms with van der Waals surface area (Å²) < 4.78 is 47.1. The van der Waals surface area contributed by atoms with Crippen LogP contribution in [0.3, 0.4) is 0 Å². The Balaban J connectivity index is 1.90. The van der Waals surface area contributed by atoms with Gasteiger partial charge in [-0.25, -0.2) is 12.8 Å². The molecule has 3 aromatic carbocycles. The molecule has 3 rings (SSSR count). The Bertz CT molecular complexity index is 1230. The van der Waals surface area contributed by atoms with Gasteiger partial charge in [0.25, 0.3) is 10.0 Å². The number of rotatable bonds is 10. The number of anilines is 2. The molecule has 34 heavy (non-hydrogen) atoms. The van der Waals surface area contributed by atoms with Crippen molar-refractivity contribution in [3.05, 3.63) is 83.7 Å². The van der Waals surface area contributed by atoms with Crippen LogP contribution < -0.4 is 14.4 Å². The number of benzene rings is 3. The molecule has 0 atom stereocenters. The summed E-state index contributed by atoms with van der Waals surface area (Å²) in [4.78, 5) is 12.8. The standard InChI is InChI=1S/C26H29FN2O4S/c1-4-5-6-20-8-12-22(13-9-20)28-26(30)18-29(23-14-10-21(27)11-15-23)34(31,32)25-17-19(2)7-16-24(25)33-3/h7-17H,4-6,18H2,1-3H3,(H,28,30). The number of unbranched alkanes of at least 4 members (excludes halogenated alkanes) is 1. The van der Waals surface area contributed by atoms with Crippen LogP contribution in [0.15, 0.2) is 71.6 Å². The molecule has 0 radical (unpaired) electrons. The van der Waals surface area contributed by atoms with E-state index in [1.54, 1.807) is 31.2 Å². The SMILES string of the molecule is CCCCc1ccc(NC(=O)CN(c2ccc(F)cc2)S(=O)(=O)c2cc(C)ccc2OC)cc1. The summed E-state index contributed by atoms with van der Waals surface area (Å²) >= 11 is 0. The van der Waals surface area contributed by atoms with Crippen LogP contribution in [0, 0.1) is 12.7 Å². The van der Waals surface area contributed by atoms with E-state index in [4.69, 9.17) is 4.74 Å². The van der Waals surface area contributed by atoms with Crippen LogP contribution in [-0.2, 0) is 21.2 Å². The minimum Gasteiger partial charge on any atom is -0.495 e. The Hall–Kier alpha value is -3.39. The summed E-state index contributed by atoms with van der Waals surface area (Å²) in [5, 5.41) is 2.75. The maximum absolute atomic E-state index is 13.7. The Morgan fingerprint density at radius 1 is 1.03 bits per heavy atom. The van der Waals surface area contributed by atoms with Gasteiger partial charge in [0, 0.05) is 5.69 Å². The van der Waals surface area contributed by atoms with E-state index in [0.29, 0.717) is 11.3 Å². The summed E-state index contributed by atoms with van der Waals surface area (Å²) in [5.41, 5.74) is 2.61. The molecule has 0 saturated heterocycles. The third-order valence-electron chi connectivity index (χ3n) is 5.35. The van der Waals surface area contributed by atoms with Crippen LogP contribution in [0.4, 0.5) is 15.8 Å². The molecule has 1 N–H and O–H groups in total. The predicted molar refractivity (Wildman–Crippen MR) is 132 cm³/mol. The molecule has 0 aromatic heterocycles. The zero-order valence-corrected chi connectivity index (χ0v) is 20.4. The number of nitrogens with one attached hydrogen (secondary N) is 1. The largest absolute Gasteiger partial charge is 0.495 e. The molecule has 0 aliphatic rings. The molecule has 6 nitrogen and oxygen atoms in total. The fraction of sp³-hybridized carbons (Fsp3) is 0.269. The molecule has 0 heterocycles. The van der Waals surface area contributed by atoms with Gasteiger partial charge in [0.1, 0.15) is 23.0 Å². The number of ether oxygens (including phenoxy) is 1. The Labute approximate surface area is 200 Å². The third kappa shape index (κ3) is 6.14. The molecular formula is C26H29FN2O4S. The van der Waals surface area contributed by atoms with Crippen molar-refractivity contribution in [2.24, 2.45) is 0 Å². The Morgan fingerprint density at radius 3 is 2.32 bits per heavy atom. The number of hydrogen-bond acceptors (Lipinski definition) is 4. The highest BCUT2D eigenvalue weighted by Crippen LogP contribution is 2.31. The first-order valence-corrected chi connectivity index (χ1v) is 12.5. The molecule has 1 amide bonds. The lowest BCUT2D eigenvalue weighted by molar-refractivity contribution is -0.114. The molecule has 3 aromatic rings. The van der Waals surface area contributed by atoms with E-state index in [0.717, 1.165) is 35.7 Å². The van der Waals surface area contributed by atoms with E-state index in [-0.39, 0.29) is 16.3 Å². The topological polar surface area (TPSA) is 75.7 Å². The number of carbonyl (C=O) groups excluding carboxylic acids is 1. The van der Waals surface area contributed by atoms with E-state index in [1.165, 1.54) is 30.9 Å². The number of amides is 1. The first kappa shape index (κ1) is 25.2. The smallest absolute Gasteiger partial charge is 0.268 e. The van der Waals surface area contributed by atoms with Gasteiger partial charge in [-0.2, -0.15) is 0 Å². The second-order valence-electron chi connectivity index (χ2n) is 7.99. The highest BCUT2D eigenvalue weighted by Gasteiger charge is 2.30. The van der Waals surface area contributed by atoms with Crippen LogP contribution in [-0.4, -0.2) is 28.0 Å². The number of aryl methyl sites for hydroxylation is 2. The molecule has 0 spiro atoms. The summed E-state index contributed by atoms with van der Waals surface area (Å²) in [7, 11) is -2.83.